The maximum Gasteiger partial charge on any atom is 0.287 e. The van der Waals surface area contributed by atoms with Crippen molar-refractivity contribution in [1.29, 1.82) is 5.26 Å². The van der Waals surface area contributed by atoms with Gasteiger partial charge >= 0.3 is 0 Å². The fourth-order valence-electron chi connectivity index (χ4n) is 2.62. The molecule has 2 unspecified atom stereocenters. The quantitative estimate of drug-likeness (QED) is 0.658. The van der Waals surface area contributed by atoms with Crippen molar-refractivity contribution in [2.45, 2.75) is 19.4 Å². The summed E-state index contributed by atoms with van der Waals surface area (Å²) in [5.74, 6) is 0.440. The van der Waals surface area contributed by atoms with Gasteiger partial charge in [-0.15, -0.1) is 0 Å². The molecule has 0 aromatic heterocycles. The van der Waals surface area contributed by atoms with Crippen LogP contribution in [0.3, 0.4) is 0 Å². The molecule has 19 heavy (non-hydrogen) atoms. The molecule has 2 N–H and O–H groups in total. The lowest BCUT2D eigenvalue weighted by Gasteiger charge is -2.23. The van der Waals surface area contributed by atoms with Gasteiger partial charge in [0.2, 0.25) is 0 Å². The van der Waals surface area contributed by atoms with Crippen LogP contribution < -0.4 is 10.6 Å². The Morgan fingerprint density at radius 3 is 2.89 bits per heavy atom. The minimum atomic E-state index is -0.529. The van der Waals surface area contributed by atoms with Gasteiger partial charge in [-0.3, -0.25) is 10.1 Å². The van der Waals surface area contributed by atoms with Crippen molar-refractivity contribution in [2.75, 3.05) is 18.0 Å². The maximum absolute atomic E-state index is 10.8. The first kappa shape index (κ1) is 13.3. The number of hydrogen-bond acceptors (Lipinski definition) is 5. The highest BCUT2D eigenvalue weighted by atomic mass is 16.6. The lowest BCUT2D eigenvalue weighted by molar-refractivity contribution is -0.385. The van der Waals surface area contributed by atoms with Crippen molar-refractivity contribution in [3.05, 3.63) is 33.9 Å². The molecule has 1 aromatic carbocycles. The third-order valence-electron chi connectivity index (χ3n) is 3.62. The molecule has 0 saturated carbocycles. The Labute approximate surface area is 111 Å². The number of nitrogens with two attached hydrogens (primary N) is 1. The summed E-state index contributed by atoms with van der Waals surface area (Å²) in [6.07, 6.45) is 1.01. The molecule has 6 nitrogen and oxygen atoms in total. The topological polar surface area (TPSA) is 96.2 Å². The van der Waals surface area contributed by atoms with Crippen molar-refractivity contribution in [3.8, 4) is 6.07 Å². The number of benzene rings is 1. The normalized spacial score (nSPS) is 22.3. The van der Waals surface area contributed by atoms with E-state index in [0.717, 1.165) is 18.7 Å². The van der Waals surface area contributed by atoms with Crippen LogP contribution in [0, 0.1) is 27.4 Å². The molecule has 1 aromatic rings. The van der Waals surface area contributed by atoms with E-state index in [9.17, 15) is 10.1 Å². The first-order valence-electron chi connectivity index (χ1n) is 6.22. The van der Waals surface area contributed by atoms with E-state index in [2.05, 4.69) is 11.8 Å². The van der Waals surface area contributed by atoms with Crippen LogP contribution in [-0.4, -0.2) is 24.1 Å². The summed E-state index contributed by atoms with van der Waals surface area (Å²) < 4.78 is 0. The molecule has 6 heteroatoms. The molecule has 0 radical (unpaired) electrons. The number of rotatable bonds is 3. The highest BCUT2D eigenvalue weighted by molar-refractivity contribution is 5.60. The zero-order chi connectivity index (χ0) is 14.0. The minimum Gasteiger partial charge on any atom is -0.368 e. The monoisotopic (exact) mass is 260 g/mol. The fraction of sp³-hybridized carbons (Fsp3) is 0.462. The smallest absolute Gasteiger partial charge is 0.287 e. The van der Waals surface area contributed by atoms with E-state index >= 15 is 0 Å². The van der Waals surface area contributed by atoms with E-state index in [1.54, 1.807) is 12.1 Å². The Bertz CT molecular complexity index is 538. The van der Waals surface area contributed by atoms with Gasteiger partial charge in [-0.25, -0.2) is 0 Å². The highest BCUT2D eigenvalue weighted by Gasteiger charge is 2.29. The lowest BCUT2D eigenvalue weighted by atomic mass is 10.1. The van der Waals surface area contributed by atoms with Crippen LogP contribution in [0.25, 0.3) is 0 Å². The minimum absolute atomic E-state index is 0.103. The summed E-state index contributed by atoms with van der Waals surface area (Å²) in [6, 6.07) is 6.92. The van der Waals surface area contributed by atoms with Crippen molar-refractivity contribution in [1.82, 2.24) is 0 Å². The predicted octanol–water partition coefficient (Wildman–Crippen LogP) is 1.64. The van der Waals surface area contributed by atoms with Crippen LogP contribution in [0.4, 0.5) is 11.4 Å². The number of nitro benzene ring substituents is 1. The van der Waals surface area contributed by atoms with Gasteiger partial charge in [0.05, 0.1) is 4.92 Å². The molecule has 0 spiro atoms. The SMILES string of the molecule is CC1CC(CN)CN1c1ccc([N+](=O)[O-])c(C#N)c1. The second-order valence-corrected chi connectivity index (χ2v) is 4.91. The van der Waals surface area contributed by atoms with Gasteiger partial charge in [0, 0.05) is 24.3 Å². The average molecular weight is 260 g/mol. The van der Waals surface area contributed by atoms with Crippen LogP contribution in [0.1, 0.15) is 18.9 Å². The molecule has 0 amide bonds. The molecular formula is C13H16N4O2. The summed E-state index contributed by atoms with van der Waals surface area (Å²) in [6.45, 7) is 3.57. The third-order valence-corrected chi connectivity index (χ3v) is 3.62. The third kappa shape index (κ3) is 2.51. The molecule has 2 atom stereocenters. The first-order chi connectivity index (χ1) is 9.06. The van der Waals surface area contributed by atoms with Gasteiger partial charge in [0.1, 0.15) is 11.6 Å². The standard InChI is InChI=1S/C13H16N4O2/c1-9-4-10(6-14)8-16(9)12-2-3-13(17(18)19)11(5-12)7-15/h2-3,5,9-10H,4,6,8,14H2,1H3. The van der Waals surface area contributed by atoms with Crippen molar-refractivity contribution >= 4 is 11.4 Å². The molecule has 0 bridgehead atoms. The van der Waals surface area contributed by atoms with Gasteiger partial charge in [-0.05, 0) is 37.9 Å². The van der Waals surface area contributed by atoms with Crippen LogP contribution in [0.15, 0.2) is 18.2 Å². The van der Waals surface area contributed by atoms with E-state index in [-0.39, 0.29) is 11.3 Å². The average Bonchev–Trinajstić information content (AvgIpc) is 2.79. The fourth-order valence-corrected chi connectivity index (χ4v) is 2.62. The van der Waals surface area contributed by atoms with Gasteiger partial charge in [-0.2, -0.15) is 5.26 Å². The molecule has 1 heterocycles. The van der Waals surface area contributed by atoms with E-state index in [1.165, 1.54) is 6.07 Å². The van der Waals surface area contributed by atoms with Crippen molar-refractivity contribution < 1.29 is 4.92 Å². The van der Waals surface area contributed by atoms with E-state index in [4.69, 9.17) is 11.0 Å². The summed E-state index contributed by atoms with van der Waals surface area (Å²) in [5.41, 5.74) is 6.50. The Morgan fingerprint density at radius 1 is 1.63 bits per heavy atom. The number of nitrogens with zero attached hydrogens (tertiary/aromatic N) is 3. The number of anilines is 1. The second-order valence-electron chi connectivity index (χ2n) is 4.91. The van der Waals surface area contributed by atoms with E-state index in [0.29, 0.717) is 18.5 Å². The van der Waals surface area contributed by atoms with Gasteiger partial charge < -0.3 is 10.6 Å². The Balaban J connectivity index is 2.32. The van der Waals surface area contributed by atoms with Crippen molar-refractivity contribution in [3.63, 3.8) is 0 Å². The molecule has 0 aliphatic carbocycles. The molecular weight excluding hydrogens is 244 g/mol. The largest absolute Gasteiger partial charge is 0.368 e. The van der Waals surface area contributed by atoms with E-state index < -0.39 is 4.92 Å². The molecule has 1 aliphatic rings. The second kappa shape index (κ2) is 5.24. The molecule has 100 valence electrons. The zero-order valence-corrected chi connectivity index (χ0v) is 10.7. The van der Waals surface area contributed by atoms with Gasteiger partial charge in [0.25, 0.3) is 5.69 Å². The summed E-state index contributed by atoms with van der Waals surface area (Å²) in [5, 5.41) is 19.8. The Hall–Kier alpha value is -2.13. The molecule has 1 saturated heterocycles. The highest BCUT2D eigenvalue weighted by Crippen LogP contribution is 2.31. The number of nitro groups is 1. The summed E-state index contributed by atoms with van der Waals surface area (Å²) in [7, 11) is 0. The molecule has 1 fully saturated rings. The summed E-state index contributed by atoms with van der Waals surface area (Å²) >= 11 is 0. The van der Waals surface area contributed by atoms with Gasteiger partial charge in [-0.1, -0.05) is 0 Å². The van der Waals surface area contributed by atoms with E-state index in [1.807, 2.05) is 6.07 Å². The van der Waals surface area contributed by atoms with Crippen LogP contribution >= 0.6 is 0 Å². The number of hydrogen-bond donors (Lipinski definition) is 1. The first-order valence-corrected chi connectivity index (χ1v) is 6.22. The van der Waals surface area contributed by atoms with Crippen molar-refractivity contribution in [2.24, 2.45) is 11.7 Å². The van der Waals surface area contributed by atoms with Gasteiger partial charge in [0.15, 0.2) is 0 Å². The lowest BCUT2D eigenvalue weighted by Crippen LogP contribution is -2.27. The summed E-state index contributed by atoms with van der Waals surface area (Å²) in [4.78, 5) is 12.4. The predicted molar refractivity (Wildman–Crippen MR) is 71.8 cm³/mol. The van der Waals surface area contributed by atoms with Crippen LogP contribution in [-0.2, 0) is 0 Å². The van der Waals surface area contributed by atoms with Crippen LogP contribution in [0.2, 0.25) is 0 Å². The maximum atomic E-state index is 10.8. The Kier molecular flexibility index (Phi) is 3.67. The van der Waals surface area contributed by atoms with Crippen LogP contribution in [0.5, 0.6) is 0 Å². The number of nitriles is 1. The zero-order valence-electron chi connectivity index (χ0n) is 10.7. The molecule has 1 aliphatic heterocycles. The Morgan fingerprint density at radius 2 is 2.37 bits per heavy atom. The molecule has 2 rings (SSSR count).